The molecule has 1 atom stereocenters. The molecule has 10 heavy (non-hydrogen) atoms. The van der Waals surface area contributed by atoms with Gasteiger partial charge in [-0.05, 0) is 18.5 Å². The molecule has 0 N–H and O–H groups in total. The molecule has 1 rings (SSSR count). The first-order chi connectivity index (χ1) is 4.79. The summed E-state index contributed by atoms with van der Waals surface area (Å²) in [6.45, 7) is 0. The summed E-state index contributed by atoms with van der Waals surface area (Å²) in [5, 5.41) is 10.5. The zero-order valence-electron chi connectivity index (χ0n) is 6.05. The largest absolute Gasteiger partial charge is 0.859 e. The summed E-state index contributed by atoms with van der Waals surface area (Å²) in [5.41, 5.74) is -0.0908. The number of rotatable bonds is 1. The van der Waals surface area contributed by atoms with Crippen molar-refractivity contribution >= 4 is 14.9 Å². The van der Waals surface area contributed by atoms with Crippen LogP contribution in [0, 0.1) is 0 Å². The van der Waals surface area contributed by atoms with E-state index in [1.54, 1.807) is 0 Å². The molecule has 0 radical (unpaired) electrons. The van der Waals surface area contributed by atoms with Crippen molar-refractivity contribution in [3.05, 3.63) is 0 Å². The van der Waals surface area contributed by atoms with Crippen LogP contribution in [-0.4, -0.2) is 11.7 Å². The van der Waals surface area contributed by atoms with E-state index in [-0.39, 0.29) is 5.64 Å². The summed E-state index contributed by atoms with van der Waals surface area (Å²) in [6.07, 6.45) is 6.02. The van der Waals surface area contributed by atoms with E-state index in [0.29, 0.717) is 6.04 Å². The maximum Gasteiger partial charge on any atom is 0.0492 e. The molecule has 1 unspecified atom stereocenters. The van der Waals surface area contributed by atoms with Gasteiger partial charge in [0.2, 0.25) is 0 Å². The van der Waals surface area contributed by atoms with Crippen molar-refractivity contribution in [2.75, 3.05) is 0 Å². The molecular weight excluding hydrogens is 145 g/mol. The third kappa shape index (κ3) is 2.66. The standard InChI is InChI=1S/C7H14NOP/c9-7(10)8-6-4-2-1-3-5-6/h6H,1-5,10H2,(H,8,9)/p-1. The highest BCUT2D eigenvalue weighted by Gasteiger charge is 2.10. The molecule has 2 nitrogen and oxygen atoms in total. The lowest BCUT2D eigenvalue weighted by molar-refractivity contribution is -0.206. The van der Waals surface area contributed by atoms with Crippen LogP contribution in [0.1, 0.15) is 32.1 Å². The summed E-state index contributed by atoms with van der Waals surface area (Å²) in [7, 11) is 2.10. The van der Waals surface area contributed by atoms with Crippen molar-refractivity contribution in [2.24, 2.45) is 4.99 Å². The second-order valence-corrected chi connectivity index (χ2v) is 3.25. The van der Waals surface area contributed by atoms with Crippen LogP contribution in [0.2, 0.25) is 0 Å². The van der Waals surface area contributed by atoms with Crippen LogP contribution in [0.3, 0.4) is 0 Å². The van der Waals surface area contributed by atoms with E-state index in [9.17, 15) is 5.11 Å². The summed E-state index contributed by atoms with van der Waals surface area (Å²) >= 11 is 0. The first-order valence-electron chi connectivity index (χ1n) is 3.79. The van der Waals surface area contributed by atoms with Gasteiger partial charge in [0.1, 0.15) is 0 Å². The van der Waals surface area contributed by atoms with Crippen molar-refractivity contribution in [3.8, 4) is 0 Å². The molecule has 0 bridgehead atoms. The zero-order chi connectivity index (χ0) is 7.40. The van der Waals surface area contributed by atoms with Gasteiger partial charge < -0.3 is 5.11 Å². The first kappa shape index (κ1) is 8.00. The van der Waals surface area contributed by atoms with Crippen LogP contribution < -0.4 is 5.11 Å². The molecule has 0 aliphatic heterocycles. The van der Waals surface area contributed by atoms with Gasteiger partial charge in [-0.3, -0.25) is 4.99 Å². The highest BCUT2D eigenvalue weighted by molar-refractivity contribution is 7.39. The second kappa shape index (κ2) is 3.92. The number of aliphatic imine (C=N–C) groups is 1. The molecule has 0 aromatic rings. The molecule has 0 amide bonds. The Labute approximate surface area is 63.9 Å². The Morgan fingerprint density at radius 1 is 1.30 bits per heavy atom. The molecule has 1 fully saturated rings. The fourth-order valence-electron chi connectivity index (χ4n) is 1.39. The second-order valence-electron chi connectivity index (χ2n) is 2.76. The fraction of sp³-hybridized carbons (Fsp3) is 0.857. The first-order valence-corrected chi connectivity index (χ1v) is 4.37. The summed E-state index contributed by atoms with van der Waals surface area (Å²) in [4.78, 5) is 3.96. The topological polar surface area (TPSA) is 35.4 Å². The van der Waals surface area contributed by atoms with E-state index in [0.717, 1.165) is 12.8 Å². The van der Waals surface area contributed by atoms with Crippen molar-refractivity contribution < 1.29 is 5.11 Å². The summed E-state index contributed by atoms with van der Waals surface area (Å²) in [5.74, 6) is 0. The van der Waals surface area contributed by atoms with Gasteiger partial charge in [0.15, 0.2) is 0 Å². The van der Waals surface area contributed by atoms with Crippen LogP contribution >= 0.6 is 9.24 Å². The average molecular weight is 158 g/mol. The Bertz CT molecular complexity index is 126. The lowest BCUT2D eigenvalue weighted by atomic mass is 9.96. The molecule has 0 spiro atoms. The summed E-state index contributed by atoms with van der Waals surface area (Å²) in [6, 6.07) is 0.332. The van der Waals surface area contributed by atoms with E-state index in [2.05, 4.69) is 14.2 Å². The molecular formula is C7H13NOP-. The van der Waals surface area contributed by atoms with Gasteiger partial charge in [-0.1, -0.05) is 19.3 Å². The lowest BCUT2D eigenvalue weighted by Gasteiger charge is -2.19. The van der Waals surface area contributed by atoms with Crippen LogP contribution in [-0.2, 0) is 0 Å². The predicted octanol–water partition coefficient (Wildman–Crippen LogP) is 0.910. The molecule has 3 heteroatoms. The Kier molecular flexibility index (Phi) is 3.14. The minimum Gasteiger partial charge on any atom is -0.859 e. The quantitative estimate of drug-likeness (QED) is 0.317. The molecule has 0 heterocycles. The molecule has 0 aromatic carbocycles. The molecule has 1 saturated carbocycles. The lowest BCUT2D eigenvalue weighted by Crippen LogP contribution is -2.16. The van der Waals surface area contributed by atoms with Crippen molar-refractivity contribution in [1.29, 1.82) is 0 Å². The van der Waals surface area contributed by atoms with Crippen LogP contribution in [0.15, 0.2) is 4.99 Å². The molecule has 1 aliphatic rings. The number of hydrogen-bond acceptors (Lipinski definition) is 2. The minimum atomic E-state index is -0.0908. The van der Waals surface area contributed by atoms with E-state index in [1.165, 1.54) is 19.3 Å². The molecule has 0 saturated heterocycles. The van der Waals surface area contributed by atoms with E-state index >= 15 is 0 Å². The van der Waals surface area contributed by atoms with Crippen LogP contribution in [0.5, 0.6) is 0 Å². The monoisotopic (exact) mass is 158 g/mol. The zero-order valence-corrected chi connectivity index (χ0v) is 7.20. The van der Waals surface area contributed by atoms with E-state index in [1.807, 2.05) is 0 Å². The highest BCUT2D eigenvalue weighted by atomic mass is 31.0. The highest BCUT2D eigenvalue weighted by Crippen LogP contribution is 2.20. The van der Waals surface area contributed by atoms with Crippen LogP contribution in [0.4, 0.5) is 0 Å². The van der Waals surface area contributed by atoms with Gasteiger partial charge >= 0.3 is 0 Å². The number of nitrogens with zero attached hydrogens (tertiary/aromatic N) is 1. The van der Waals surface area contributed by atoms with Crippen molar-refractivity contribution in [2.45, 2.75) is 38.1 Å². The van der Waals surface area contributed by atoms with Crippen molar-refractivity contribution in [3.63, 3.8) is 0 Å². The maximum atomic E-state index is 10.5. The van der Waals surface area contributed by atoms with Gasteiger partial charge in [-0.25, -0.2) is 0 Å². The Hall–Kier alpha value is -0.100. The summed E-state index contributed by atoms with van der Waals surface area (Å²) < 4.78 is 0. The smallest absolute Gasteiger partial charge is 0.0492 e. The molecule has 1 aliphatic carbocycles. The Balaban J connectivity index is 2.33. The normalized spacial score (nSPS) is 23.1. The van der Waals surface area contributed by atoms with Gasteiger partial charge in [-0.2, -0.15) is 0 Å². The minimum absolute atomic E-state index is 0.0908. The van der Waals surface area contributed by atoms with E-state index < -0.39 is 0 Å². The Morgan fingerprint density at radius 2 is 1.90 bits per heavy atom. The third-order valence-electron chi connectivity index (χ3n) is 1.88. The third-order valence-corrected chi connectivity index (χ3v) is 2.03. The van der Waals surface area contributed by atoms with Gasteiger partial charge in [0.05, 0.1) is 0 Å². The van der Waals surface area contributed by atoms with Crippen molar-refractivity contribution in [1.82, 2.24) is 0 Å². The predicted molar refractivity (Wildman–Crippen MR) is 44.0 cm³/mol. The van der Waals surface area contributed by atoms with E-state index in [4.69, 9.17) is 0 Å². The van der Waals surface area contributed by atoms with Gasteiger partial charge in [0, 0.05) is 6.04 Å². The molecule has 58 valence electrons. The number of hydrogen-bond donors (Lipinski definition) is 0. The van der Waals surface area contributed by atoms with Gasteiger partial charge in [-0.15, -0.1) is 9.24 Å². The van der Waals surface area contributed by atoms with Gasteiger partial charge in [0.25, 0.3) is 0 Å². The fourth-order valence-corrected chi connectivity index (χ4v) is 1.60. The maximum absolute atomic E-state index is 10.5. The SMILES string of the molecule is [O-]C(P)=NC1CCCCC1. The molecule has 0 aromatic heterocycles. The van der Waals surface area contributed by atoms with Crippen LogP contribution in [0.25, 0.3) is 0 Å². The Morgan fingerprint density at radius 3 is 2.40 bits per heavy atom. The average Bonchev–Trinajstić information content (AvgIpc) is 1.88.